The minimum atomic E-state index is -5.40. The fraction of sp³-hybridized carbons (Fsp3) is 0.421. The van der Waals surface area contributed by atoms with E-state index in [2.05, 4.69) is 10.3 Å². The second kappa shape index (κ2) is 7.86. The Labute approximate surface area is 173 Å². The quantitative estimate of drug-likeness (QED) is 0.714. The third-order valence-electron chi connectivity index (χ3n) is 4.94. The first-order valence-corrected chi connectivity index (χ1v) is 10.6. The maximum Gasteiger partial charge on any atom is 0.323 e. The first-order valence-electron chi connectivity index (χ1n) is 9.17. The van der Waals surface area contributed by atoms with Gasteiger partial charge in [-0.3, -0.25) is 14.6 Å². The van der Waals surface area contributed by atoms with Crippen molar-refractivity contribution in [3.63, 3.8) is 0 Å². The van der Waals surface area contributed by atoms with Crippen LogP contribution in [0.2, 0.25) is 0 Å². The van der Waals surface area contributed by atoms with Crippen LogP contribution in [0.25, 0.3) is 10.9 Å². The van der Waals surface area contributed by atoms with Gasteiger partial charge in [0.2, 0.25) is 5.91 Å². The summed E-state index contributed by atoms with van der Waals surface area (Å²) >= 11 is 0. The van der Waals surface area contributed by atoms with Gasteiger partial charge in [-0.1, -0.05) is 19.9 Å². The highest BCUT2D eigenvalue weighted by Crippen LogP contribution is 2.35. The topological polar surface area (TPSA) is 96.4 Å². The molecule has 0 spiro atoms. The van der Waals surface area contributed by atoms with E-state index < -0.39 is 52.8 Å². The summed E-state index contributed by atoms with van der Waals surface area (Å²) < 4.78 is 62.7. The molecular formula is C19H22F3N3O4S. The fourth-order valence-corrected chi connectivity index (χ4v) is 4.29. The lowest BCUT2D eigenvalue weighted by atomic mass is 9.99. The van der Waals surface area contributed by atoms with Crippen LogP contribution in [0.5, 0.6) is 0 Å². The van der Waals surface area contributed by atoms with Crippen LogP contribution in [0, 0.1) is 0 Å². The van der Waals surface area contributed by atoms with Gasteiger partial charge >= 0.3 is 10.2 Å². The van der Waals surface area contributed by atoms with Crippen LogP contribution in [0.15, 0.2) is 30.5 Å². The van der Waals surface area contributed by atoms with Crippen LogP contribution in [-0.2, 0) is 15.0 Å². The largest absolute Gasteiger partial charge is 0.343 e. The molecule has 1 N–H and O–H groups in total. The van der Waals surface area contributed by atoms with Gasteiger partial charge < -0.3 is 10.2 Å². The van der Waals surface area contributed by atoms with E-state index in [1.807, 2.05) is 19.9 Å². The minimum Gasteiger partial charge on any atom is -0.343 e. The number of nitrogens with one attached hydrogen (secondary N) is 1. The van der Waals surface area contributed by atoms with Crippen LogP contribution < -0.4 is 5.32 Å². The number of hydrogen-bond acceptors (Lipinski definition) is 5. The highest BCUT2D eigenvalue weighted by atomic mass is 32.3. The van der Waals surface area contributed by atoms with Crippen molar-refractivity contribution in [1.82, 2.24) is 15.2 Å². The Morgan fingerprint density at radius 2 is 2.03 bits per heavy atom. The summed E-state index contributed by atoms with van der Waals surface area (Å²) in [6, 6.07) is 6.90. The summed E-state index contributed by atoms with van der Waals surface area (Å²) in [5.74, 6) is -5.11. The molecule has 1 atom stereocenters. The van der Waals surface area contributed by atoms with E-state index in [1.54, 1.807) is 12.1 Å². The normalized spacial score (nSPS) is 18.7. The fourth-order valence-electron chi connectivity index (χ4n) is 3.36. The smallest absolute Gasteiger partial charge is 0.323 e. The SMILES string of the molecule is CC(C)c1ccc2nccc(C(=O)NCC(=O)N3CC(F)(F)CC3S(=O)(=O)F)c2c1.[HH]. The monoisotopic (exact) mass is 445 g/mol. The molecule has 0 bridgehead atoms. The molecule has 1 fully saturated rings. The average Bonchev–Trinajstić information content (AvgIpc) is 3.01. The molecule has 1 aliphatic rings. The first kappa shape index (κ1) is 22.0. The zero-order valence-electron chi connectivity index (χ0n) is 16.2. The zero-order chi connectivity index (χ0) is 22.3. The Kier molecular flexibility index (Phi) is 5.76. The number of carbonyl (C=O) groups excluding carboxylic acids is 2. The third-order valence-corrected chi connectivity index (χ3v) is 6.02. The number of benzene rings is 1. The number of alkyl halides is 2. The molecule has 7 nitrogen and oxygen atoms in total. The van der Waals surface area contributed by atoms with Gasteiger partial charge in [-0.2, -0.15) is 8.42 Å². The number of aromatic nitrogens is 1. The second-order valence-electron chi connectivity index (χ2n) is 7.48. The van der Waals surface area contributed by atoms with Crippen molar-refractivity contribution in [1.29, 1.82) is 0 Å². The maximum atomic E-state index is 13.6. The first-order chi connectivity index (χ1) is 13.9. The number of amides is 2. The number of nitrogens with zero attached hydrogens (tertiary/aromatic N) is 2. The molecule has 0 radical (unpaired) electrons. The standard InChI is InChI=1S/C19H20F3N3O4S.H2/c1-11(2)12-3-4-15-14(7-12)13(5-6-23-15)18(27)24-9-16(26)25-10-19(20,21)8-17(25)30(22,28)29;/h3-7,11,17H,8-10H2,1-2H3,(H,24,27);1H. The minimum absolute atomic E-state index is 0. The molecule has 1 aromatic carbocycles. The van der Waals surface area contributed by atoms with E-state index in [1.165, 1.54) is 12.3 Å². The predicted molar refractivity (Wildman–Crippen MR) is 105 cm³/mol. The Balaban J connectivity index is 0.00000341. The highest BCUT2D eigenvalue weighted by Gasteiger charge is 2.52. The van der Waals surface area contributed by atoms with Gasteiger partial charge in [-0.15, -0.1) is 3.89 Å². The molecule has 2 heterocycles. The molecule has 3 rings (SSSR count). The Hall–Kier alpha value is -2.69. The van der Waals surface area contributed by atoms with Crippen molar-refractivity contribution in [2.24, 2.45) is 0 Å². The molecule has 1 aliphatic heterocycles. The molecular weight excluding hydrogens is 423 g/mol. The van der Waals surface area contributed by atoms with E-state index in [4.69, 9.17) is 0 Å². The molecule has 1 saturated heterocycles. The zero-order valence-corrected chi connectivity index (χ0v) is 17.0. The lowest BCUT2D eigenvalue weighted by molar-refractivity contribution is -0.131. The Morgan fingerprint density at radius 1 is 1.33 bits per heavy atom. The molecule has 2 aromatic rings. The van der Waals surface area contributed by atoms with Crippen LogP contribution in [0.1, 0.15) is 43.5 Å². The molecule has 30 heavy (non-hydrogen) atoms. The molecule has 1 unspecified atom stereocenters. The summed E-state index contributed by atoms with van der Waals surface area (Å²) in [4.78, 5) is 29.3. The summed E-state index contributed by atoms with van der Waals surface area (Å²) in [5.41, 5.74) is 1.74. The van der Waals surface area contributed by atoms with E-state index in [9.17, 15) is 30.7 Å². The highest BCUT2D eigenvalue weighted by molar-refractivity contribution is 7.87. The molecule has 164 valence electrons. The van der Waals surface area contributed by atoms with E-state index in [-0.39, 0.29) is 17.8 Å². The summed E-state index contributed by atoms with van der Waals surface area (Å²) in [7, 11) is -5.40. The number of likely N-dealkylation sites (tertiary alicyclic amines) is 1. The van der Waals surface area contributed by atoms with Gasteiger partial charge in [-0.05, 0) is 29.7 Å². The number of carbonyl (C=O) groups is 2. The number of fused-ring (bicyclic) bond motifs is 1. The van der Waals surface area contributed by atoms with Gasteiger partial charge in [0, 0.05) is 13.0 Å². The lowest BCUT2D eigenvalue weighted by Gasteiger charge is -2.21. The lowest BCUT2D eigenvalue weighted by Crippen LogP contribution is -2.45. The van der Waals surface area contributed by atoms with Crippen LogP contribution in [-0.4, -0.2) is 54.5 Å². The number of pyridine rings is 1. The summed E-state index contributed by atoms with van der Waals surface area (Å²) in [5, 5.41) is 0.571. The average molecular weight is 445 g/mol. The molecule has 0 aliphatic carbocycles. The molecule has 11 heteroatoms. The Morgan fingerprint density at radius 3 is 2.67 bits per heavy atom. The van der Waals surface area contributed by atoms with Crippen molar-refractivity contribution >= 4 is 32.9 Å². The van der Waals surface area contributed by atoms with E-state index in [0.29, 0.717) is 10.9 Å². The molecule has 1 aromatic heterocycles. The Bertz CT molecular complexity index is 1110. The van der Waals surface area contributed by atoms with Crippen molar-refractivity contribution in [2.75, 3.05) is 13.1 Å². The summed E-state index contributed by atoms with van der Waals surface area (Å²) in [6.07, 6.45) is 0.0966. The second-order valence-corrected chi connectivity index (χ2v) is 8.98. The van der Waals surface area contributed by atoms with Gasteiger partial charge in [0.15, 0.2) is 5.37 Å². The van der Waals surface area contributed by atoms with Crippen molar-refractivity contribution in [3.8, 4) is 0 Å². The van der Waals surface area contributed by atoms with E-state index in [0.717, 1.165) is 5.56 Å². The van der Waals surface area contributed by atoms with Gasteiger partial charge in [0.1, 0.15) is 0 Å². The van der Waals surface area contributed by atoms with Crippen molar-refractivity contribution in [2.45, 2.75) is 37.5 Å². The van der Waals surface area contributed by atoms with Crippen LogP contribution in [0.3, 0.4) is 0 Å². The number of rotatable bonds is 5. The number of halogens is 3. The van der Waals surface area contributed by atoms with Crippen LogP contribution in [0.4, 0.5) is 12.7 Å². The molecule has 2 amide bonds. The third kappa shape index (κ3) is 4.55. The van der Waals surface area contributed by atoms with Gasteiger partial charge in [0.05, 0.1) is 30.6 Å². The molecule has 0 saturated carbocycles. The van der Waals surface area contributed by atoms with Crippen LogP contribution >= 0.6 is 0 Å². The van der Waals surface area contributed by atoms with Crippen molar-refractivity contribution in [3.05, 3.63) is 41.6 Å². The van der Waals surface area contributed by atoms with Gasteiger partial charge in [0.25, 0.3) is 11.8 Å². The van der Waals surface area contributed by atoms with Gasteiger partial charge in [-0.25, -0.2) is 8.78 Å². The summed E-state index contributed by atoms with van der Waals surface area (Å²) in [6.45, 7) is 1.98. The van der Waals surface area contributed by atoms with Crippen molar-refractivity contribution < 1.29 is 32.1 Å². The van der Waals surface area contributed by atoms with E-state index >= 15 is 0 Å². The maximum absolute atomic E-state index is 13.6. The number of hydrogen-bond donors (Lipinski definition) is 1. The predicted octanol–water partition coefficient (Wildman–Crippen LogP) is 2.83.